The molecule has 0 saturated carbocycles. The molecule has 2 aliphatic heterocycles. The summed E-state index contributed by atoms with van der Waals surface area (Å²) in [5.74, 6) is 0.944. The SMILES string of the molecule is CC(C)Oc1nc(OC(C)C)nc(N(c2ccc(N(c3nc(OC(C)C)nc(OC(C)C)n3)C3CC(C)(C)NC(C)(C)C3)cc2)C2CC(C)(C)NC(C)(C)C2)n1. The third-order valence-electron chi connectivity index (χ3n) is 9.43. The van der Waals surface area contributed by atoms with Gasteiger partial charge in [0.2, 0.25) is 11.9 Å². The molecule has 2 saturated heterocycles. The molecule has 3 aromatic rings. The highest BCUT2D eigenvalue weighted by Crippen LogP contribution is 2.41. The third kappa shape index (κ3) is 11.5. The van der Waals surface area contributed by atoms with Crippen LogP contribution in [-0.4, -0.2) is 88.6 Å². The van der Waals surface area contributed by atoms with Crippen LogP contribution in [0.3, 0.4) is 0 Å². The second-order valence-corrected chi connectivity index (χ2v) is 19.2. The maximum Gasteiger partial charge on any atom is 0.324 e. The van der Waals surface area contributed by atoms with E-state index in [1.807, 2.05) is 55.4 Å². The van der Waals surface area contributed by atoms with Gasteiger partial charge in [0, 0.05) is 45.6 Å². The lowest BCUT2D eigenvalue weighted by atomic mass is 9.78. The minimum atomic E-state index is -0.151. The molecule has 56 heavy (non-hydrogen) atoms. The Morgan fingerprint density at radius 2 is 0.679 bits per heavy atom. The van der Waals surface area contributed by atoms with Crippen LogP contribution in [0.25, 0.3) is 0 Å². The van der Waals surface area contributed by atoms with Gasteiger partial charge in [-0.05, 0) is 161 Å². The van der Waals surface area contributed by atoms with Crippen LogP contribution < -0.4 is 39.4 Å². The molecule has 0 unspecified atom stereocenters. The van der Waals surface area contributed by atoms with Gasteiger partial charge >= 0.3 is 24.0 Å². The number of hydrogen-bond donors (Lipinski definition) is 2. The largest absolute Gasteiger partial charge is 0.461 e. The molecule has 0 radical (unpaired) electrons. The van der Waals surface area contributed by atoms with Crippen molar-refractivity contribution in [1.29, 1.82) is 0 Å². The fourth-order valence-corrected chi connectivity index (χ4v) is 8.58. The normalized spacial score (nSPS) is 19.4. The summed E-state index contributed by atoms with van der Waals surface area (Å²) in [5.41, 5.74) is 1.25. The van der Waals surface area contributed by atoms with E-state index in [1.54, 1.807) is 0 Å². The highest BCUT2D eigenvalue weighted by molar-refractivity contribution is 5.66. The lowest BCUT2D eigenvalue weighted by Gasteiger charge is -2.50. The predicted molar refractivity (Wildman–Crippen MR) is 222 cm³/mol. The molecule has 0 bridgehead atoms. The van der Waals surface area contributed by atoms with E-state index in [9.17, 15) is 0 Å². The molecule has 310 valence electrons. The number of nitrogens with one attached hydrogen (secondary N) is 2. The fraction of sp³-hybridized carbons (Fsp3) is 0.714. The van der Waals surface area contributed by atoms with Crippen LogP contribution in [0, 0.1) is 0 Å². The van der Waals surface area contributed by atoms with Crippen LogP contribution in [0.2, 0.25) is 0 Å². The zero-order valence-electron chi connectivity index (χ0n) is 36.8. The second kappa shape index (κ2) is 16.4. The summed E-state index contributed by atoms with van der Waals surface area (Å²) in [4.78, 5) is 33.2. The Morgan fingerprint density at radius 3 is 0.893 bits per heavy atom. The van der Waals surface area contributed by atoms with E-state index in [0.717, 1.165) is 37.1 Å². The number of anilines is 4. The molecular formula is C42H68N10O4. The predicted octanol–water partition coefficient (Wildman–Crippen LogP) is 8.10. The Bertz CT molecular complexity index is 1560. The van der Waals surface area contributed by atoms with Gasteiger partial charge in [-0.1, -0.05) is 0 Å². The van der Waals surface area contributed by atoms with Gasteiger partial charge in [0.25, 0.3) is 0 Å². The number of benzene rings is 1. The van der Waals surface area contributed by atoms with Gasteiger partial charge in [-0.15, -0.1) is 9.97 Å². The summed E-state index contributed by atoms with van der Waals surface area (Å²) in [7, 11) is 0. The topological polar surface area (TPSA) is 145 Å². The number of rotatable bonds is 14. The summed E-state index contributed by atoms with van der Waals surface area (Å²) in [6, 6.07) is 9.51. The smallest absolute Gasteiger partial charge is 0.324 e. The van der Waals surface area contributed by atoms with Gasteiger partial charge in [0.05, 0.1) is 24.4 Å². The van der Waals surface area contributed by atoms with Crippen LogP contribution in [0.1, 0.15) is 136 Å². The molecule has 2 fully saturated rings. The van der Waals surface area contributed by atoms with Crippen LogP contribution in [0.15, 0.2) is 24.3 Å². The Labute approximate surface area is 335 Å². The van der Waals surface area contributed by atoms with Crippen LogP contribution in [0.4, 0.5) is 23.3 Å². The summed E-state index contributed by atoms with van der Waals surface area (Å²) < 4.78 is 24.3. The number of piperidine rings is 2. The zero-order valence-corrected chi connectivity index (χ0v) is 36.8. The number of ether oxygens (including phenoxy) is 4. The highest BCUT2D eigenvalue weighted by Gasteiger charge is 2.43. The first-order valence-electron chi connectivity index (χ1n) is 20.3. The maximum absolute atomic E-state index is 6.07. The summed E-state index contributed by atoms with van der Waals surface area (Å²) >= 11 is 0. The van der Waals surface area contributed by atoms with Crippen molar-refractivity contribution in [1.82, 2.24) is 40.5 Å². The first kappa shape index (κ1) is 43.1. The molecule has 0 atom stereocenters. The molecule has 2 aliphatic rings. The van der Waals surface area contributed by atoms with Gasteiger partial charge in [0.1, 0.15) is 0 Å². The van der Waals surface area contributed by atoms with E-state index in [-0.39, 0.29) is 82.7 Å². The lowest BCUT2D eigenvalue weighted by molar-refractivity contribution is 0.161. The van der Waals surface area contributed by atoms with E-state index in [1.165, 1.54) is 0 Å². The molecule has 5 rings (SSSR count). The van der Waals surface area contributed by atoms with Crippen molar-refractivity contribution < 1.29 is 18.9 Å². The molecule has 4 heterocycles. The van der Waals surface area contributed by atoms with E-state index in [0.29, 0.717) is 11.9 Å². The number of nitrogens with zero attached hydrogens (tertiary/aromatic N) is 8. The zero-order chi connectivity index (χ0) is 41.4. The fourth-order valence-electron chi connectivity index (χ4n) is 8.58. The van der Waals surface area contributed by atoms with Crippen molar-refractivity contribution in [2.75, 3.05) is 9.80 Å². The van der Waals surface area contributed by atoms with Crippen molar-refractivity contribution in [2.24, 2.45) is 0 Å². The average Bonchev–Trinajstić information content (AvgIpc) is 2.97. The molecule has 0 aliphatic carbocycles. The van der Waals surface area contributed by atoms with Crippen molar-refractivity contribution in [3.05, 3.63) is 24.3 Å². The van der Waals surface area contributed by atoms with E-state index in [4.69, 9.17) is 38.9 Å². The molecule has 0 amide bonds. The van der Waals surface area contributed by atoms with Crippen molar-refractivity contribution in [2.45, 2.75) is 195 Å². The van der Waals surface area contributed by atoms with E-state index in [2.05, 4.69) is 110 Å². The van der Waals surface area contributed by atoms with E-state index < -0.39 is 0 Å². The molecule has 2 N–H and O–H groups in total. The van der Waals surface area contributed by atoms with Gasteiger partial charge in [-0.3, -0.25) is 0 Å². The van der Waals surface area contributed by atoms with Crippen molar-refractivity contribution >= 4 is 23.3 Å². The molecule has 1 aromatic carbocycles. The molecule has 2 aromatic heterocycles. The molecule has 14 heteroatoms. The Kier molecular flexibility index (Phi) is 12.6. The van der Waals surface area contributed by atoms with Gasteiger partial charge < -0.3 is 39.4 Å². The first-order chi connectivity index (χ1) is 25.9. The monoisotopic (exact) mass is 777 g/mol. The van der Waals surface area contributed by atoms with Gasteiger partial charge in [-0.25, -0.2) is 0 Å². The Balaban J connectivity index is 1.68. The molecular weight excluding hydrogens is 709 g/mol. The minimum Gasteiger partial charge on any atom is -0.461 e. The summed E-state index contributed by atoms with van der Waals surface area (Å²) in [5, 5.41) is 7.68. The molecule has 14 nitrogen and oxygen atoms in total. The Morgan fingerprint density at radius 1 is 0.446 bits per heavy atom. The first-order valence-corrected chi connectivity index (χ1v) is 20.3. The highest BCUT2D eigenvalue weighted by atomic mass is 16.5. The quantitative estimate of drug-likeness (QED) is 0.163. The standard InChI is InChI=1S/C42H68N10O4/c1-25(2)53-35-43-33(44-36(47-35)54-26(3)4)51(31-21-39(9,10)49-40(11,12)22-31)29-17-19-30(20-18-29)52(32-23-41(13,14)50-42(15,16)24-32)34-45-37(55-27(5)6)48-38(46-34)56-28(7)8/h17-20,25-28,31-32,49-50H,21-24H2,1-16H3. The van der Waals surface area contributed by atoms with Gasteiger partial charge in [0.15, 0.2) is 0 Å². The second-order valence-electron chi connectivity index (χ2n) is 19.2. The average molecular weight is 777 g/mol. The number of hydrogen-bond acceptors (Lipinski definition) is 14. The van der Waals surface area contributed by atoms with E-state index >= 15 is 0 Å². The minimum absolute atomic E-state index is 0.0328. The van der Waals surface area contributed by atoms with Crippen molar-refractivity contribution in [3.8, 4) is 24.0 Å². The van der Waals surface area contributed by atoms with Crippen LogP contribution >= 0.6 is 0 Å². The molecule has 0 spiro atoms. The van der Waals surface area contributed by atoms with Crippen LogP contribution in [0.5, 0.6) is 24.0 Å². The number of aromatic nitrogens is 6. The van der Waals surface area contributed by atoms with Crippen LogP contribution in [-0.2, 0) is 0 Å². The summed E-state index contributed by atoms with van der Waals surface area (Å²) in [6.07, 6.45) is 2.85. The maximum atomic E-state index is 6.07. The third-order valence-corrected chi connectivity index (χ3v) is 9.43. The Hall–Kier alpha value is -4.04. The van der Waals surface area contributed by atoms with Crippen molar-refractivity contribution in [3.63, 3.8) is 0 Å². The lowest BCUT2D eigenvalue weighted by Crippen LogP contribution is -2.62. The van der Waals surface area contributed by atoms with Gasteiger partial charge in [-0.2, -0.15) is 19.9 Å². The summed E-state index contributed by atoms with van der Waals surface area (Å²) in [6.45, 7) is 33.7.